The fraction of sp³-hybridized carbons (Fsp3) is 0.571. The van der Waals surface area contributed by atoms with E-state index in [0.29, 0.717) is 5.89 Å². The zero-order valence-corrected chi connectivity index (χ0v) is 11.2. The van der Waals surface area contributed by atoms with E-state index in [1.165, 1.54) is 19.3 Å². The molecule has 3 heterocycles. The summed E-state index contributed by atoms with van der Waals surface area (Å²) in [7, 11) is 0. The molecule has 102 valence electrons. The molecule has 5 heteroatoms. The molecule has 0 aliphatic carbocycles. The lowest BCUT2D eigenvalue weighted by Crippen LogP contribution is -2.34. The molecule has 0 bridgehead atoms. The Hall–Kier alpha value is -1.62. The first-order valence-corrected chi connectivity index (χ1v) is 6.92. The van der Waals surface area contributed by atoms with Crippen LogP contribution in [0.25, 0.3) is 11.5 Å². The SMILES string of the molecule is CC[C@@H]1CCCN(Cc2noc(-c3ccoc3)n2)C1. The zero-order chi connectivity index (χ0) is 13.1. The van der Waals surface area contributed by atoms with Crippen LogP contribution in [0.15, 0.2) is 27.5 Å². The van der Waals surface area contributed by atoms with Crippen LogP contribution in [0.3, 0.4) is 0 Å². The lowest BCUT2D eigenvalue weighted by molar-refractivity contribution is 0.160. The number of rotatable bonds is 4. The smallest absolute Gasteiger partial charge is 0.261 e. The minimum Gasteiger partial charge on any atom is -0.472 e. The second kappa shape index (κ2) is 5.57. The summed E-state index contributed by atoms with van der Waals surface area (Å²) in [6, 6.07) is 1.82. The predicted molar refractivity (Wildman–Crippen MR) is 70.3 cm³/mol. The van der Waals surface area contributed by atoms with Crippen LogP contribution in [-0.2, 0) is 6.54 Å². The van der Waals surface area contributed by atoms with Crippen molar-refractivity contribution in [2.24, 2.45) is 5.92 Å². The second-order valence-corrected chi connectivity index (χ2v) is 5.18. The molecule has 19 heavy (non-hydrogen) atoms. The fourth-order valence-electron chi connectivity index (χ4n) is 2.65. The molecule has 2 aromatic heterocycles. The van der Waals surface area contributed by atoms with Crippen molar-refractivity contribution >= 4 is 0 Å². The zero-order valence-electron chi connectivity index (χ0n) is 11.2. The molecule has 0 radical (unpaired) electrons. The van der Waals surface area contributed by atoms with Gasteiger partial charge in [0.1, 0.15) is 6.26 Å². The molecule has 0 N–H and O–H groups in total. The number of aromatic nitrogens is 2. The van der Waals surface area contributed by atoms with Crippen molar-refractivity contribution in [3.05, 3.63) is 24.4 Å². The van der Waals surface area contributed by atoms with Crippen LogP contribution in [0.5, 0.6) is 0 Å². The van der Waals surface area contributed by atoms with E-state index in [-0.39, 0.29) is 0 Å². The lowest BCUT2D eigenvalue weighted by Gasteiger charge is -2.31. The summed E-state index contributed by atoms with van der Waals surface area (Å²) >= 11 is 0. The van der Waals surface area contributed by atoms with Crippen LogP contribution >= 0.6 is 0 Å². The molecule has 3 rings (SSSR count). The molecule has 0 saturated carbocycles. The van der Waals surface area contributed by atoms with E-state index in [4.69, 9.17) is 8.94 Å². The third kappa shape index (κ3) is 2.87. The molecule has 0 amide bonds. The van der Waals surface area contributed by atoms with Crippen LogP contribution < -0.4 is 0 Å². The van der Waals surface area contributed by atoms with Gasteiger partial charge in [-0.3, -0.25) is 4.90 Å². The predicted octanol–water partition coefficient (Wildman–Crippen LogP) is 2.95. The molecule has 1 fully saturated rings. The van der Waals surface area contributed by atoms with E-state index >= 15 is 0 Å². The molecule has 1 aliphatic heterocycles. The van der Waals surface area contributed by atoms with Crippen molar-refractivity contribution in [2.75, 3.05) is 13.1 Å². The summed E-state index contributed by atoms with van der Waals surface area (Å²) in [4.78, 5) is 6.84. The summed E-state index contributed by atoms with van der Waals surface area (Å²) in [5.41, 5.74) is 0.837. The summed E-state index contributed by atoms with van der Waals surface area (Å²) < 4.78 is 10.3. The summed E-state index contributed by atoms with van der Waals surface area (Å²) in [6.45, 7) is 5.32. The van der Waals surface area contributed by atoms with Gasteiger partial charge in [0.2, 0.25) is 0 Å². The molecule has 2 aromatic rings. The number of furan rings is 1. The minimum absolute atomic E-state index is 0.535. The molecule has 1 atom stereocenters. The molecular formula is C14H19N3O2. The highest BCUT2D eigenvalue weighted by Crippen LogP contribution is 2.21. The summed E-state index contributed by atoms with van der Waals surface area (Å²) in [5.74, 6) is 2.11. The van der Waals surface area contributed by atoms with Gasteiger partial charge in [0.15, 0.2) is 5.82 Å². The summed E-state index contributed by atoms with van der Waals surface area (Å²) in [6.07, 6.45) is 7.09. The van der Waals surface area contributed by atoms with E-state index in [0.717, 1.165) is 36.9 Å². The number of hydrogen-bond acceptors (Lipinski definition) is 5. The number of likely N-dealkylation sites (tertiary alicyclic amines) is 1. The van der Waals surface area contributed by atoms with Gasteiger partial charge in [0, 0.05) is 6.54 Å². The Labute approximate surface area is 112 Å². The van der Waals surface area contributed by atoms with Crippen LogP contribution in [-0.4, -0.2) is 28.1 Å². The number of nitrogens with zero attached hydrogens (tertiary/aromatic N) is 3. The van der Waals surface area contributed by atoms with Gasteiger partial charge in [-0.25, -0.2) is 0 Å². The van der Waals surface area contributed by atoms with E-state index in [2.05, 4.69) is 22.0 Å². The minimum atomic E-state index is 0.535. The van der Waals surface area contributed by atoms with Crippen LogP contribution in [0.1, 0.15) is 32.0 Å². The van der Waals surface area contributed by atoms with Gasteiger partial charge in [0.25, 0.3) is 5.89 Å². The molecule has 0 aromatic carbocycles. The highest BCUT2D eigenvalue weighted by atomic mass is 16.5. The molecule has 0 spiro atoms. The standard InChI is InChI=1S/C14H19N3O2/c1-2-11-4-3-6-17(8-11)9-13-15-14(19-16-13)12-5-7-18-10-12/h5,7,10-11H,2-4,6,8-9H2,1H3/t11-/m1/s1. The lowest BCUT2D eigenvalue weighted by atomic mass is 9.96. The van der Waals surface area contributed by atoms with Gasteiger partial charge < -0.3 is 8.94 Å². The Morgan fingerprint density at radius 1 is 1.47 bits per heavy atom. The van der Waals surface area contributed by atoms with Crippen molar-refractivity contribution in [2.45, 2.75) is 32.7 Å². The highest BCUT2D eigenvalue weighted by Gasteiger charge is 2.20. The van der Waals surface area contributed by atoms with E-state index in [9.17, 15) is 0 Å². The van der Waals surface area contributed by atoms with Crippen molar-refractivity contribution < 1.29 is 8.94 Å². The monoisotopic (exact) mass is 261 g/mol. The third-order valence-corrected chi connectivity index (χ3v) is 3.78. The Kier molecular flexibility index (Phi) is 3.64. The van der Waals surface area contributed by atoms with Crippen molar-refractivity contribution in [3.8, 4) is 11.5 Å². The molecule has 5 nitrogen and oxygen atoms in total. The van der Waals surface area contributed by atoms with Crippen molar-refractivity contribution in [1.82, 2.24) is 15.0 Å². The topological polar surface area (TPSA) is 55.3 Å². The Morgan fingerprint density at radius 3 is 3.21 bits per heavy atom. The van der Waals surface area contributed by atoms with E-state index < -0.39 is 0 Å². The van der Waals surface area contributed by atoms with Crippen molar-refractivity contribution in [3.63, 3.8) is 0 Å². The van der Waals surface area contributed by atoms with Crippen molar-refractivity contribution in [1.29, 1.82) is 0 Å². The maximum Gasteiger partial charge on any atom is 0.261 e. The Balaban J connectivity index is 1.64. The van der Waals surface area contributed by atoms with Crippen LogP contribution in [0.4, 0.5) is 0 Å². The molecule has 1 saturated heterocycles. The Bertz CT molecular complexity index is 507. The largest absolute Gasteiger partial charge is 0.472 e. The van der Waals surface area contributed by atoms with Gasteiger partial charge in [-0.15, -0.1) is 0 Å². The second-order valence-electron chi connectivity index (χ2n) is 5.18. The van der Waals surface area contributed by atoms with Crippen LogP contribution in [0.2, 0.25) is 0 Å². The maximum atomic E-state index is 5.26. The average Bonchev–Trinajstić information content (AvgIpc) is 3.09. The maximum absolute atomic E-state index is 5.26. The average molecular weight is 261 g/mol. The molecule has 1 aliphatic rings. The van der Waals surface area contributed by atoms with Crippen LogP contribution in [0, 0.1) is 5.92 Å². The first kappa shape index (κ1) is 12.4. The van der Waals surface area contributed by atoms with Gasteiger partial charge in [-0.1, -0.05) is 18.5 Å². The van der Waals surface area contributed by atoms with Gasteiger partial charge in [-0.05, 0) is 31.4 Å². The quantitative estimate of drug-likeness (QED) is 0.847. The Morgan fingerprint density at radius 2 is 2.42 bits per heavy atom. The number of hydrogen-bond donors (Lipinski definition) is 0. The van der Waals surface area contributed by atoms with Gasteiger partial charge in [-0.2, -0.15) is 4.98 Å². The van der Waals surface area contributed by atoms with E-state index in [1.807, 2.05) is 6.07 Å². The normalized spacial score (nSPS) is 20.8. The van der Waals surface area contributed by atoms with Gasteiger partial charge in [0.05, 0.1) is 18.4 Å². The van der Waals surface area contributed by atoms with Gasteiger partial charge >= 0.3 is 0 Å². The summed E-state index contributed by atoms with van der Waals surface area (Å²) in [5, 5.41) is 4.05. The highest BCUT2D eigenvalue weighted by molar-refractivity contribution is 5.49. The third-order valence-electron chi connectivity index (χ3n) is 3.78. The number of piperidine rings is 1. The fourth-order valence-corrected chi connectivity index (χ4v) is 2.65. The van der Waals surface area contributed by atoms with E-state index in [1.54, 1.807) is 12.5 Å². The first-order chi connectivity index (χ1) is 9.35. The molecule has 0 unspecified atom stereocenters. The molecular weight excluding hydrogens is 242 g/mol. The first-order valence-electron chi connectivity index (χ1n) is 6.92.